The van der Waals surface area contributed by atoms with Crippen molar-refractivity contribution in [3.05, 3.63) is 42.0 Å². The summed E-state index contributed by atoms with van der Waals surface area (Å²) < 4.78 is 0. The van der Waals surface area contributed by atoms with Crippen LogP contribution in [0.5, 0.6) is 0 Å². The van der Waals surface area contributed by atoms with E-state index in [1.807, 2.05) is 70.2 Å². The SMILES string of the molecule is CC(C)C[C@@H](C(=O)NN(CC(C)C)C(=O)[C@@H]1CCCCN1)[C@H](CC=Cc1ccccc1)C(=O)NO.Cl. The first-order valence-corrected chi connectivity index (χ1v) is 12.7. The maximum Gasteiger partial charge on any atom is 0.258 e. The van der Waals surface area contributed by atoms with Gasteiger partial charge in [0.1, 0.15) is 0 Å². The summed E-state index contributed by atoms with van der Waals surface area (Å²) in [5, 5.41) is 14.1. The number of hydrogen-bond acceptors (Lipinski definition) is 5. The van der Waals surface area contributed by atoms with Gasteiger partial charge in [-0.2, -0.15) is 0 Å². The van der Waals surface area contributed by atoms with Crippen molar-refractivity contribution in [2.75, 3.05) is 13.1 Å². The van der Waals surface area contributed by atoms with Crippen LogP contribution in [0.4, 0.5) is 0 Å². The van der Waals surface area contributed by atoms with Crippen molar-refractivity contribution < 1.29 is 19.6 Å². The van der Waals surface area contributed by atoms with Crippen LogP contribution in [-0.2, 0) is 14.4 Å². The zero-order chi connectivity index (χ0) is 25.8. The van der Waals surface area contributed by atoms with Crippen molar-refractivity contribution >= 4 is 36.2 Å². The Kier molecular flexibility index (Phi) is 14.4. The fourth-order valence-corrected chi connectivity index (χ4v) is 4.44. The van der Waals surface area contributed by atoms with Gasteiger partial charge in [0.15, 0.2) is 0 Å². The number of piperidine rings is 1. The van der Waals surface area contributed by atoms with Gasteiger partial charge in [-0.3, -0.25) is 30.0 Å². The Morgan fingerprint density at radius 3 is 2.31 bits per heavy atom. The third-order valence-electron chi connectivity index (χ3n) is 6.16. The first-order valence-electron chi connectivity index (χ1n) is 12.7. The first-order chi connectivity index (χ1) is 16.7. The molecule has 3 atom stereocenters. The minimum Gasteiger partial charge on any atom is -0.306 e. The summed E-state index contributed by atoms with van der Waals surface area (Å²) in [4.78, 5) is 39.4. The second kappa shape index (κ2) is 16.3. The number of carbonyl (C=O) groups is 3. The first kappa shape index (κ1) is 31.6. The lowest BCUT2D eigenvalue weighted by atomic mass is 9.82. The topological polar surface area (TPSA) is 111 Å². The Morgan fingerprint density at radius 1 is 1.06 bits per heavy atom. The Balaban J connectivity index is 0.00000648. The highest BCUT2D eigenvalue weighted by Crippen LogP contribution is 2.26. The molecular formula is C27H43ClN4O4. The van der Waals surface area contributed by atoms with Crippen LogP contribution in [0.3, 0.4) is 0 Å². The second-order valence-corrected chi connectivity index (χ2v) is 10.2. The molecule has 9 heteroatoms. The highest BCUT2D eigenvalue weighted by molar-refractivity contribution is 5.90. The van der Waals surface area contributed by atoms with Gasteiger partial charge in [-0.25, -0.2) is 5.48 Å². The van der Waals surface area contributed by atoms with E-state index in [1.54, 1.807) is 5.48 Å². The van der Waals surface area contributed by atoms with Crippen LogP contribution in [0.2, 0.25) is 0 Å². The average molecular weight is 523 g/mol. The third-order valence-corrected chi connectivity index (χ3v) is 6.16. The van der Waals surface area contributed by atoms with Crippen molar-refractivity contribution in [3.8, 4) is 0 Å². The molecule has 1 heterocycles. The molecule has 0 bridgehead atoms. The molecule has 1 aliphatic rings. The normalized spacial score (nSPS) is 17.4. The number of hydrazine groups is 1. The van der Waals surface area contributed by atoms with Crippen LogP contribution in [0.15, 0.2) is 36.4 Å². The molecule has 1 aliphatic heterocycles. The summed E-state index contributed by atoms with van der Waals surface area (Å²) >= 11 is 0. The largest absolute Gasteiger partial charge is 0.306 e. The summed E-state index contributed by atoms with van der Waals surface area (Å²) in [5.41, 5.74) is 5.56. The number of halogens is 1. The fourth-order valence-electron chi connectivity index (χ4n) is 4.44. The molecule has 1 aromatic carbocycles. The van der Waals surface area contributed by atoms with Crippen LogP contribution < -0.4 is 16.2 Å². The van der Waals surface area contributed by atoms with Gasteiger partial charge in [0.05, 0.1) is 17.9 Å². The van der Waals surface area contributed by atoms with Crippen LogP contribution in [0, 0.1) is 23.7 Å². The van der Waals surface area contributed by atoms with E-state index < -0.39 is 17.7 Å². The lowest BCUT2D eigenvalue weighted by Gasteiger charge is -2.33. The van der Waals surface area contributed by atoms with Crippen LogP contribution in [-0.4, -0.2) is 47.1 Å². The number of rotatable bonds is 11. The number of hydrogen-bond donors (Lipinski definition) is 4. The van der Waals surface area contributed by atoms with Crippen molar-refractivity contribution in [2.24, 2.45) is 23.7 Å². The van der Waals surface area contributed by atoms with Gasteiger partial charge in [0, 0.05) is 6.54 Å². The molecule has 3 amide bonds. The minimum absolute atomic E-state index is 0. The number of benzene rings is 1. The molecule has 0 aliphatic carbocycles. The number of hydroxylamine groups is 1. The Morgan fingerprint density at radius 2 is 1.75 bits per heavy atom. The van der Waals surface area contributed by atoms with Gasteiger partial charge < -0.3 is 5.32 Å². The maximum atomic E-state index is 13.5. The predicted molar refractivity (Wildman–Crippen MR) is 144 cm³/mol. The van der Waals surface area contributed by atoms with E-state index in [-0.39, 0.29) is 48.5 Å². The van der Waals surface area contributed by atoms with E-state index in [0.29, 0.717) is 13.0 Å². The standard InChI is InChI=1S/C27H42N4O4.ClH/c1-19(2)17-23(22(26(33)30-35)14-10-13-21-11-6-5-7-12-21)25(32)29-31(18-20(3)4)27(34)24-15-8-9-16-28-24;/h5-7,10-13,19-20,22-24,28,35H,8-9,14-18H2,1-4H3,(H,29,32)(H,30,33);1H/t22-,23+,24-;/m0./s1. The summed E-state index contributed by atoms with van der Waals surface area (Å²) in [6.45, 7) is 9.10. The Hall–Kier alpha value is -2.42. The number of amides is 3. The lowest BCUT2D eigenvalue weighted by Crippen LogP contribution is -2.57. The van der Waals surface area contributed by atoms with Gasteiger partial charge in [-0.05, 0) is 49.6 Å². The van der Waals surface area contributed by atoms with Gasteiger partial charge in [0.25, 0.3) is 5.91 Å². The van der Waals surface area contributed by atoms with E-state index >= 15 is 0 Å². The van der Waals surface area contributed by atoms with Crippen molar-refractivity contribution in [2.45, 2.75) is 65.8 Å². The third kappa shape index (κ3) is 10.3. The number of carbonyl (C=O) groups excluding carboxylic acids is 3. The molecular weight excluding hydrogens is 480 g/mol. The molecule has 1 saturated heterocycles. The molecule has 0 radical (unpaired) electrons. The van der Waals surface area contributed by atoms with Gasteiger partial charge >= 0.3 is 0 Å². The van der Waals surface area contributed by atoms with E-state index in [0.717, 1.165) is 31.4 Å². The molecule has 0 spiro atoms. The molecule has 0 unspecified atom stereocenters. The van der Waals surface area contributed by atoms with Gasteiger partial charge in [0.2, 0.25) is 11.8 Å². The number of nitrogens with one attached hydrogen (secondary N) is 3. The molecule has 202 valence electrons. The van der Waals surface area contributed by atoms with Crippen molar-refractivity contribution in [1.82, 2.24) is 21.2 Å². The molecule has 1 fully saturated rings. The molecule has 2 rings (SSSR count). The smallest absolute Gasteiger partial charge is 0.258 e. The summed E-state index contributed by atoms with van der Waals surface area (Å²) in [5.74, 6) is -2.37. The molecule has 8 nitrogen and oxygen atoms in total. The van der Waals surface area contributed by atoms with Gasteiger partial charge in [-0.15, -0.1) is 12.4 Å². The zero-order valence-electron chi connectivity index (χ0n) is 21.9. The Bertz CT molecular complexity index is 841. The molecule has 36 heavy (non-hydrogen) atoms. The zero-order valence-corrected chi connectivity index (χ0v) is 22.7. The fraction of sp³-hybridized carbons (Fsp3) is 0.593. The molecule has 4 N–H and O–H groups in total. The Labute approximate surface area is 221 Å². The van der Waals surface area contributed by atoms with E-state index in [2.05, 4.69) is 10.7 Å². The highest BCUT2D eigenvalue weighted by Gasteiger charge is 2.36. The van der Waals surface area contributed by atoms with E-state index in [1.165, 1.54) is 5.01 Å². The number of nitrogens with zero attached hydrogens (tertiary/aromatic N) is 1. The summed E-state index contributed by atoms with van der Waals surface area (Å²) in [7, 11) is 0. The van der Waals surface area contributed by atoms with Crippen LogP contribution >= 0.6 is 12.4 Å². The lowest BCUT2D eigenvalue weighted by molar-refractivity contribution is -0.149. The van der Waals surface area contributed by atoms with Gasteiger partial charge in [-0.1, -0.05) is 76.6 Å². The quantitative estimate of drug-likeness (QED) is 0.260. The summed E-state index contributed by atoms with van der Waals surface area (Å²) in [6, 6.07) is 9.35. The van der Waals surface area contributed by atoms with Crippen LogP contribution in [0.1, 0.15) is 65.4 Å². The van der Waals surface area contributed by atoms with Crippen molar-refractivity contribution in [1.29, 1.82) is 0 Å². The van der Waals surface area contributed by atoms with Crippen LogP contribution in [0.25, 0.3) is 6.08 Å². The summed E-state index contributed by atoms with van der Waals surface area (Å²) in [6.07, 6.45) is 7.19. The minimum atomic E-state index is -0.786. The predicted octanol–water partition coefficient (Wildman–Crippen LogP) is 3.95. The maximum absolute atomic E-state index is 13.5. The van der Waals surface area contributed by atoms with E-state index in [9.17, 15) is 19.6 Å². The highest BCUT2D eigenvalue weighted by atomic mass is 35.5. The van der Waals surface area contributed by atoms with Crippen molar-refractivity contribution in [3.63, 3.8) is 0 Å². The molecule has 0 aromatic heterocycles. The monoisotopic (exact) mass is 522 g/mol. The second-order valence-electron chi connectivity index (χ2n) is 10.2. The average Bonchev–Trinajstić information content (AvgIpc) is 2.85. The molecule has 0 saturated carbocycles. The van der Waals surface area contributed by atoms with E-state index in [4.69, 9.17) is 0 Å². The molecule has 1 aromatic rings. The number of allylic oxidation sites excluding steroid dienone is 1.